The number of unbranched alkanes of at least 4 members (excludes halogenated alkanes) is 3. The van der Waals surface area contributed by atoms with E-state index >= 15 is 0 Å². The molecule has 0 heterocycles. The summed E-state index contributed by atoms with van der Waals surface area (Å²) in [5.41, 5.74) is 0.552. The first-order valence-corrected chi connectivity index (χ1v) is 15.7. The van der Waals surface area contributed by atoms with E-state index in [1.807, 2.05) is 0 Å². The number of hydrogen-bond donors (Lipinski definition) is 2. The Kier molecular flexibility index (Phi) is 9.18. The average molecular weight is 505 g/mol. The monoisotopic (exact) mass is 504 g/mol. The number of carboxylic acid groups (broad SMARTS) is 1. The molecule has 0 aromatic heterocycles. The molecule has 0 spiro atoms. The van der Waals surface area contributed by atoms with Crippen molar-refractivity contribution in [2.75, 3.05) is 0 Å². The van der Waals surface area contributed by atoms with Crippen LogP contribution in [0, 0.1) is 46.3 Å². The molecule has 4 rings (SSSR count). The van der Waals surface area contributed by atoms with E-state index in [4.69, 9.17) is 4.74 Å². The molecule has 208 valence electrons. The van der Waals surface area contributed by atoms with E-state index in [0.29, 0.717) is 53.6 Å². The third kappa shape index (κ3) is 5.56. The van der Waals surface area contributed by atoms with Crippen molar-refractivity contribution in [3.8, 4) is 0 Å². The molecule has 0 aromatic rings. The number of hydrogen-bond acceptors (Lipinski definition) is 3. The van der Waals surface area contributed by atoms with Gasteiger partial charge >= 0.3 is 5.97 Å². The fourth-order valence-electron chi connectivity index (χ4n) is 10.2. The van der Waals surface area contributed by atoms with Crippen molar-refractivity contribution < 1.29 is 19.7 Å². The number of carboxylic acids is 1. The summed E-state index contributed by atoms with van der Waals surface area (Å²) in [7, 11) is 0. The second-order valence-electron chi connectivity index (χ2n) is 14.1. The predicted octanol–water partition coefficient (Wildman–Crippen LogP) is 7.86. The number of rotatable bonds is 11. The third-order valence-electron chi connectivity index (χ3n) is 12.1. The zero-order valence-corrected chi connectivity index (χ0v) is 24.0. The van der Waals surface area contributed by atoms with Crippen molar-refractivity contribution in [3.05, 3.63) is 0 Å². The van der Waals surface area contributed by atoms with Crippen molar-refractivity contribution in [2.45, 2.75) is 149 Å². The first-order chi connectivity index (χ1) is 17.1. The Balaban J connectivity index is 1.39. The Morgan fingerprint density at radius 1 is 0.917 bits per heavy atom. The summed E-state index contributed by atoms with van der Waals surface area (Å²) < 4.78 is 6.56. The summed E-state index contributed by atoms with van der Waals surface area (Å²) in [6.07, 6.45) is 17.4. The minimum Gasteiger partial charge on any atom is -0.481 e. The van der Waals surface area contributed by atoms with Gasteiger partial charge in [-0.2, -0.15) is 0 Å². The molecule has 0 aliphatic heterocycles. The number of fused-ring (bicyclic) bond motifs is 5. The molecule has 4 heteroatoms. The van der Waals surface area contributed by atoms with E-state index in [0.717, 1.165) is 38.0 Å². The molecule has 0 aromatic carbocycles. The maximum Gasteiger partial charge on any atom is 0.303 e. The van der Waals surface area contributed by atoms with Crippen molar-refractivity contribution in [1.82, 2.24) is 0 Å². The molecule has 0 radical (unpaired) electrons. The molecule has 4 aliphatic rings. The Morgan fingerprint density at radius 2 is 1.64 bits per heavy atom. The molecule has 4 fully saturated rings. The largest absolute Gasteiger partial charge is 0.481 e. The molecule has 36 heavy (non-hydrogen) atoms. The first kappa shape index (κ1) is 28.4. The average Bonchev–Trinajstić information content (AvgIpc) is 3.19. The van der Waals surface area contributed by atoms with Crippen LogP contribution in [0.2, 0.25) is 0 Å². The van der Waals surface area contributed by atoms with Crippen LogP contribution in [0.15, 0.2) is 0 Å². The van der Waals surface area contributed by atoms with Gasteiger partial charge in [0.25, 0.3) is 0 Å². The lowest BCUT2D eigenvalue weighted by Gasteiger charge is -2.62. The van der Waals surface area contributed by atoms with Gasteiger partial charge in [0.1, 0.15) is 0 Å². The van der Waals surface area contributed by atoms with Crippen molar-refractivity contribution in [3.63, 3.8) is 0 Å². The summed E-state index contributed by atoms with van der Waals surface area (Å²) >= 11 is 0. The van der Waals surface area contributed by atoms with Gasteiger partial charge in [-0.05, 0) is 117 Å². The van der Waals surface area contributed by atoms with Crippen LogP contribution in [0.25, 0.3) is 0 Å². The second kappa shape index (κ2) is 11.6. The van der Waals surface area contributed by atoms with Gasteiger partial charge in [0, 0.05) is 6.42 Å². The van der Waals surface area contributed by atoms with Crippen LogP contribution < -0.4 is 0 Å². The third-order valence-corrected chi connectivity index (χ3v) is 12.1. The fraction of sp³-hybridized carbons (Fsp3) is 0.969. The van der Waals surface area contributed by atoms with Gasteiger partial charge in [0.05, 0.1) is 18.3 Å². The highest BCUT2D eigenvalue weighted by Gasteiger charge is 2.62. The Morgan fingerprint density at radius 3 is 2.36 bits per heavy atom. The maximum absolute atomic E-state index is 11.6. The zero-order chi connectivity index (χ0) is 26.1. The van der Waals surface area contributed by atoms with E-state index in [9.17, 15) is 15.0 Å². The molecule has 1 unspecified atom stereocenters. The highest BCUT2D eigenvalue weighted by molar-refractivity contribution is 5.66. The van der Waals surface area contributed by atoms with Crippen LogP contribution in [0.1, 0.15) is 131 Å². The highest BCUT2D eigenvalue weighted by atomic mass is 16.5. The van der Waals surface area contributed by atoms with Gasteiger partial charge in [-0.1, -0.05) is 53.4 Å². The van der Waals surface area contributed by atoms with Crippen LogP contribution in [0.4, 0.5) is 0 Å². The molecule has 0 amide bonds. The number of aliphatic hydroxyl groups excluding tert-OH is 1. The molecule has 4 nitrogen and oxygen atoms in total. The minimum absolute atomic E-state index is 0.201. The van der Waals surface area contributed by atoms with E-state index in [1.165, 1.54) is 57.8 Å². The summed E-state index contributed by atoms with van der Waals surface area (Å²) in [5.74, 6) is 2.87. The SMILES string of the molecule is CCCCCCC(C)O[C@@H]1CC[C@]2(C)[C@H]3CC[C@]4(C)[C@@H]([C@H](C)CCC(=O)O)CC[C@H]4[C@@H]3C[C@H](O)[C@@H]2C1. The number of aliphatic carboxylic acids is 1. The molecule has 11 atom stereocenters. The standard InChI is InChI=1S/C32H56O4/c1-6-7-8-9-10-22(3)36-23-15-17-32(5)27-16-18-31(4)25(21(2)11-14-30(34)35)12-13-26(31)24(27)20-29(33)28(32)19-23/h21-29,33H,6-20H2,1-5H3,(H,34,35)/t21-,22?,23-,24+,25-,26+,27+,28+,29+,31-,32-/m1/s1. The summed E-state index contributed by atoms with van der Waals surface area (Å²) in [5, 5.41) is 20.8. The van der Waals surface area contributed by atoms with Crippen LogP contribution in [0.3, 0.4) is 0 Å². The molecule has 4 saturated carbocycles. The lowest BCUT2D eigenvalue weighted by Crippen LogP contribution is -2.58. The van der Waals surface area contributed by atoms with Crippen LogP contribution in [-0.2, 0) is 9.53 Å². The van der Waals surface area contributed by atoms with Crippen LogP contribution >= 0.6 is 0 Å². The van der Waals surface area contributed by atoms with E-state index < -0.39 is 5.97 Å². The van der Waals surface area contributed by atoms with E-state index in [-0.39, 0.29) is 11.5 Å². The summed E-state index contributed by atoms with van der Waals surface area (Å²) in [6.45, 7) is 11.9. The quantitative estimate of drug-likeness (QED) is 0.281. The molecule has 0 saturated heterocycles. The minimum atomic E-state index is -0.662. The predicted molar refractivity (Wildman–Crippen MR) is 146 cm³/mol. The Hall–Kier alpha value is -0.610. The molecule has 4 aliphatic carbocycles. The lowest BCUT2D eigenvalue weighted by atomic mass is 9.43. The fourth-order valence-corrected chi connectivity index (χ4v) is 10.2. The Labute approximate surface area is 221 Å². The van der Waals surface area contributed by atoms with E-state index in [2.05, 4.69) is 34.6 Å². The Bertz CT molecular complexity index is 738. The molecular formula is C32H56O4. The summed E-state index contributed by atoms with van der Waals surface area (Å²) in [4.78, 5) is 11.2. The normalized spacial score (nSPS) is 43.8. The smallest absolute Gasteiger partial charge is 0.303 e. The van der Waals surface area contributed by atoms with Gasteiger partial charge in [-0.25, -0.2) is 0 Å². The topological polar surface area (TPSA) is 66.8 Å². The molecule has 2 N–H and O–H groups in total. The van der Waals surface area contributed by atoms with Crippen molar-refractivity contribution in [1.29, 1.82) is 0 Å². The summed E-state index contributed by atoms with van der Waals surface area (Å²) in [6, 6.07) is 0. The van der Waals surface area contributed by atoms with Crippen LogP contribution in [0.5, 0.6) is 0 Å². The number of aliphatic hydroxyl groups is 1. The van der Waals surface area contributed by atoms with Gasteiger partial charge in [-0.3, -0.25) is 4.79 Å². The molecule has 0 bridgehead atoms. The highest BCUT2D eigenvalue weighted by Crippen LogP contribution is 2.68. The van der Waals surface area contributed by atoms with Gasteiger partial charge in [0.2, 0.25) is 0 Å². The van der Waals surface area contributed by atoms with E-state index in [1.54, 1.807) is 0 Å². The van der Waals surface area contributed by atoms with Gasteiger partial charge in [-0.15, -0.1) is 0 Å². The lowest BCUT2D eigenvalue weighted by molar-refractivity contribution is -0.182. The van der Waals surface area contributed by atoms with Crippen LogP contribution in [-0.4, -0.2) is 34.5 Å². The van der Waals surface area contributed by atoms with Gasteiger partial charge < -0.3 is 14.9 Å². The van der Waals surface area contributed by atoms with Crippen molar-refractivity contribution >= 4 is 5.97 Å². The number of ether oxygens (including phenoxy) is 1. The molecular weight excluding hydrogens is 448 g/mol. The van der Waals surface area contributed by atoms with Crippen molar-refractivity contribution in [2.24, 2.45) is 46.3 Å². The zero-order valence-electron chi connectivity index (χ0n) is 24.0. The maximum atomic E-state index is 11.6. The number of carbonyl (C=O) groups is 1. The van der Waals surface area contributed by atoms with Gasteiger partial charge in [0.15, 0.2) is 0 Å². The second-order valence-corrected chi connectivity index (χ2v) is 14.1. The first-order valence-electron chi connectivity index (χ1n) is 15.7.